The van der Waals surface area contributed by atoms with Crippen LogP contribution in [0.3, 0.4) is 0 Å². The number of carbonyl (C=O) groups excluding carboxylic acids is 2. The Hall–Kier alpha value is -3.12. The van der Waals surface area contributed by atoms with Crippen molar-refractivity contribution in [3.05, 3.63) is 88.1 Å². The highest BCUT2D eigenvalue weighted by Gasteiger charge is 2.24. The number of benzene rings is 2. The Labute approximate surface area is 200 Å². The van der Waals surface area contributed by atoms with Crippen LogP contribution in [0.2, 0.25) is 0 Å². The largest absolute Gasteiger partial charge is 0.497 e. The molecule has 0 bridgehead atoms. The van der Waals surface area contributed by atoms with Crippen LogP contribution in [0.25, 0.3) is 0 Å². The second-order valence-electron chi connectivity index (χ2n) is 8.25. The van der Waals surface area contributed by atoms with Crippen LogP contribution in [0.5, 0.6) is 5.75 Å². The standard InChI is InChI=1S/C27H32N2O3S/c1-4-21(2)17-29(27(31)23-12-8-13-24(16-23)32-3)20-26(30)28(19-25-14-9-15-33-25)18-22-10-6-5-7-11-22/h5-16,21H,4,17-20H2,1-3H3. The van der Waals surface area contributed by atoms with Gasteiger partial charge in [-0.15, -0.1) is 11.3 Å². The Balaban J connectivity index is 1.82. The number of thiophene rings is 1. The van der Waals surface area contributed by atoms with E-state index in [9.17, 15) is 9.59 Å². The number of methoxy groups -OCH3 is 1. The van der Waals surface area contributed by atoms with E-state index in [0.717, 1.165) is 16.9 Å². The molecule has 174 valence electrons. The summed E-state index contributed by atoms with van der Waals surface area (Å²) in [4.78, 5) is 31.6. The van der Waals surface area contributed by atoms with Crippen LogP contribution in [-0.2, 0) is 17.9 Å². The zero-order chi connectivity index (χ0) is 23.6. The lowest BCUT2D eigenvalue weighted by atomic mass is 10.1. The van der Waals surface area contributed by atoms with Gasteiger partial charge in [0.25, 0.3) is 5.91 Å². The third kappa shape index (κ3) is 7.19. The van der Waals surface area contributed by atoms with E-state index in [1.54, 1.807) is 41.5 Å². The molecule has 5 nitrogen and oxygen atoms in total. The van der Waals surface area contributed by atoms with E-state index >= 15 is 0 Å². The molecule has 0 N–H and O–H groups in total. The van der Waals surface area contributed by atoms with Crippen molar-refractivity contribution in [1.29, 1.82) is 0 Å². The van der Waals surface area contributed by atoms with Crippen LogP contribution >= 0.6 is 11.3 Å². The van der Waals surface area contributed by atoms with Gasteiger partial charge in [-0.25, -0.2) is 0 Å². The third-order valence-corrected chi connectivity index (χ3v) is 6.52. The minimum absolute atomic E-state index is 0.0403. The normalized spacial score (nSPS) is 11.6. The predicted octanol–water partition coefficient (Wildman–Crippen LogP) is 5.47. The first-order valence-corrected chi connectivity index (χ1v) is 12.2. The van der Waals surface area contributed by atoms with Gasteiger partial charge in [-0.05, 0) is 41.1 Å². The fourth-order valence-electron chi connectivity index (χ4n) is 3.55. The fraction of sp³-hybridized carbons (Fsp3) is 0.333. The summed E-state index contributed by atoms with van der Waals surface area (Å²) in [6.45, 7) is 5.79. The smallest absolute Gasteiger partial charge is 0.254 e. The number of hydrogen-bond donors (Lipinski definition) is 0. The SMILES string of the molecule is CCC(C)CN(CC(=O)N(Cc1ccccc1)Cc1cccs1)C(=O)c1cccc(OC)c1. The molecule has 0 spiro atoms. The second-order valence-corrected chi connectivity index (χ2v) is 9.28. The van der Waals surface area contributed by atoms with Gasteiger partial charge in [0.05, 0.1) is 13.7 Å². The summed E-state index contributed by atoms with van der Waals surface area (Å²) >= 11 is 1.63. The predicted molar refractivity (Wildman–Crippen MR) is 133 cm³/mol. The number of carbonyl (C=O) groups is 2. The lowest BCUT2D eigenvalue weighted by Gasteiger charge is -2.29. The highest BCUT2D eigenvalue weighted by molar-refractivity contribution is 7.09. The molecule has 2 aromatic carbocycles. The van der Waals surface area contributed by atoms with E-state index in [0.29, 0.717) is 30.9 Å². The maximum Gasteiger partial charge on any atom is 0.254 e. The number of rotatable bonds is 11. The first-order valence-electron chi connectivity index (χ1n) is 11.3. The van der Waals surface area contributed by atoms with E-state index in [2.05, 4.69) is 13.8 Å². The summed E-state index contributed by atoms with van der Waals surface area (Å²) in [7, 11) is 1.58. The van der Waals surface area contributed by atoms with Crippen molar-refractivity contribution >= 4 is 23.2 Å². The van der Waals surface area contributed by atoms with E-state index < -0.39 is 0 Å². The van der Waals surface area contributed by atoms with Gasteiger partial charge in [-0.2, -0.15) is 0 Å². The summed E-state index contributed by atoms with van der Waals surface area (Å²) in [6, 6.07) is 21.1. The summed E-state index contributed by atoms with van der Waals surface area (Å²) in [5, 5.41) is 2.02. The van der Waals surface area contributed by atoms with Gasteiger partial charge < -0.3 is 14.5 Å². The number of amides is 2. The summed E-state index contributed by atoms with van der Waals surface area (Å²) in [5.41, 5.74) is 1.59. The Bertz CT molecular complexity index is 1020. The minimum Gasteiger partial charge on any atom is -0.497 e. The Morgan fingerprint density at radius 3 is 2.42 bits per heavy atom. The quantitative estimate of drug-likeness (QED) is 0.378. The molecular weight excluding hydrogens is 432 g/mol. The van der Waals surface area contributed by atoms with Gasteiger partial charge in [-0.1, -0.05) is 62.7 Å². The minimum atomic E-state index is -0.154. The number of nitrogens with zero attached hydrogens (tertiary/aromatic N) is 2. The van der Waals surface area contributed by atoms with Crippen LogP contribution in [0.4, 0.5) is 0 Å². The number of hydrogen-bond acceptors (Lipinski definition) is 4. The molecule has 6 heteroatoms. The molecule has 0 saturated heterocycles. The molecule has 1 unspecified atom stereocenters. The molecule has 1 heterocycles. The van der Waals surface area contributed by atoms with Crippen molar-refractivity contribution in [2.24, 2.45) is 5.92 Å². The monoisotopic (exact) mass is 464 g/mol. The summed E-state index contributed by atoms with van der Waals surface area (Å²) in [6.07, 6.45) is 0.930. The first-order chi connectivity index (χ1) is 16.0. The Morgan fingerprint density at radius 2 is 1.76 bits per heavy atom. The van der Waals surface area contributed by atoms with E-state index in [1.165, 1.54) is 0 Å². The van der Waals surface area contributed by atoms with E-state index in [-0.39, 0.29) is 24.3 Å². The van der Waals surface area contributed by atoms with Crippen LogP contribution in [0.1, 0.15) is 41.1 Å². The lowest BCUT2D eigenvalue weighted by Crippen LogP contribution is -2.44. The summed E-state index contributed by atoms with van der Waals surface area (Å²) in [5.74, 6) is 0.691. The fourth-order valence-corrected chi connectivity index (χ4v) is 4.27. The molecule has 0 radical (unpaired) electrons. The van der Waals surface area contributed by atoms with Crippen molar-refractivity contribution in [2.75, 3.05) is 20.2 Å². The summed E-state index contributed by atoms with van der Waals surface area (Å²) < 4.78 is 5.29. The zero-order valence-corrected chi connectivity index (χ0v) is 20.4. The van der Waals surface area contributed by atoms with Crippen LogP contribution in [0, 0.1) is 5.92 Å². The van der Waals surface area contributed by atoms with E-state index in [4.69, 9.17) is 4.74 Å². The van der Waals surface area contributed by atoms with Crippen molar-refractivity contribution in [3.8, 4) is 5.75 Å². The van der Waals surface area contributed by atoms with Crippen molar-refractivity contribution in [1.82, 2.24) is 9.80 Å². The second kappa shape index (κ2) is 12.2. The van der Waals surface area contributed by atoms with Gasteiger partial charge in [0, 0.05) is 23.5 Å². The van der Waals surface area contributed by atoms with Gasteiger partial charge in [0.15, 0.2) is 0 Å². The molecule has 1 atom stereocenters. The molecule has 0 aliphatic carbocycles. The molecular formula is C27H32N2O3S. The maximum absolute atomic E-state index is 13.5. The van der Waals surface area contributed by atoms with Gasteiger partial charge in [-0.3, -0.25) is 9.59 Å². The molecule has 0 fully saturated rings. The van der Waals surface area contributed by atoms with Gasteiger partial charge in [0.1, 0.15) is 12.3 Å². The molecule has 0 aliphatic heterocycles. The molecule has 2 amide bonds. The average molecular weight is 465 g/mol. The molecule has 0 aliphatic rings. The van der Waals surface area contributed by atoms with Crippen LogP contribution in [-0.4, -0.2) is 41.8 Å². The molecule has 3 aromatic rings. The van der Waals surface area contributed by atoms with Crippen molar-refractivity contribution < 1.29 is 14.3 Å². The molecule has 1 aromatic heterocycles. The van der Waals surface area contributed by atoms with Crippen molar-refractivity contribution in [3.63, 3.8) is 0 Å². The van der Waals surface area contributed by atoms with Gasteiger partial charge >= 0.3 is 0 Å². The van der Waals surface area contributed by atoms with Crippen molar-refractivity contribution in [2.45, 2.75) is 33.4 Å². The molecule has 0 saturated carbocycles. The first kappa shape index (κ1) is 24.5. The molecule has 3 rings (SSSR count). The topological polar surface area (TPSA) is 49.9 Å². The van der Waals surface area contributed by atoms with E-state index in [1.807, 2.05) is 58.8 Å². The maximum atomic E-state index is 13.5. The van der Waals surface area contributed by atoms with Crippen LogP contribution < -0.4 is 4.74 Å². The molecule has 33 heavy (non-hydrogen) atoms. The highest BCUT2D eigenvalue weighted by atomic mass is 32.1. The third-order valence-electron chi connectivity index (χ3n) is 5.65. The zero-order valence-electron chi connectivity index (χ0n) is 19.6. The van der Waals surface area contributed by atoms with Gasteiger partial charge in [0.2, 0.25) is 5.91 Å². The lowest BCUT2D eigenvalue weighted by molar-refractivity contribution is -0.133. The highest BCUT2D eigenvalue weighted by Crippen LogP contribution is 2.18. The number of ether oxygens (including phenoxy) is 1. The Kier molecular flexibility index (Phi) is 9.07. The average Bonchev–Trinajstić information content (AvgIpc) is 3.36. The Morgan fingerprint density at radius 1 is 0.970 bits per heavy atom. The van der Waals surface area contributed by atoms with Crippen LogP contribution in [0.15, 0.2) is 72.1 Å².